The summed E-state index contributed by atoms with van der Waals surface area (Å²) >= 11 is 0. The molecule has 0 unspecified atom stereocenters. The van der Waals surface area contributed by atoms with E-state index >= 15 is 0 Å². The van der Waals surface area contributed by atoms with Crippen LogP contribution in [-0.4, -0.2) is 65.7 Å². The van der Waals surface area contributed by atoms with Crippen molar-refractivity contribution in [3.05, 3.63) is 29.8 Å². The van der Waals surface area contributed by atoms with Crippen molar-refractivity contribution in [3.63, 3.8) is 0 Å². The number of ether oxygens (including phenoxy) is 3. The van der Waals surface area contributed by atoms with Gasteiger partial charge in [0.15, 0.2) is 35.3 Å². The van der Waals surface area contributed by atoms with Gasteiger partial charge < -0.3 is 14.2 Å². The first-order valence-electron chi connectivity index (χ1n) is 7.31. The first-order valence-corrected chi connectivity index (χ1v) is 10.7. The lowest BCUT2D eigenvalue weighted by Crippen LogP contribution is -2.55. The summed E-state index contributed by atoms with van der Waals surface area (Å²) in [7, 11) is -5.48. The summed E-state index contributed by atoms with van der Waals surface area (Å²) in [4.78, 5) is 24.4. The molecule has 1 fully saturated rings. The minimum atomic E-state index is -4.43. The molecule has 0 aromatic heterocycles. The number of carbonyl (C=O) groups excluding carboxylic acids is 2. The molecule has 0 bridgehead atoms. The van der Waals surface area contributed by atoms with Crippen LogP contribution in [0, 0.1) is 0 Å². The van der Waals surface area contributed by atoms with Crippen LogP contribution in [0.25, 0.3) is 0 Å². The highest BCUT2D eigenvalue weighted by molar-refractivity contribution is 8.10. The first-order chi connectivity index (χ1) is 12.1. The summed E-state index contributed by atoms with van der Waals surface area (Å²) in [6.07, 6.45) is 0. The van der Waals surface area contributed by atoms with Gasteiger partial charge in [0.2, 0.25) is 0 Å². The van der Waals surface area contributed by atoms with Crippen LogP contribution in [0.4, 0.5) is 0 Å². The van der Waals surface area contributed by atoms with E-state index in [0.29, 0.717) is 5.75 Å². The lowest BCUT2D eigenvalue weighted by molar-refractivity contribution is -0.142. The Morgan fingerprint density at radius 1 is 0.846 bits per heavy atom. The molecular formula is C15H18O9S2. The van der Waals surface area contributed by atoms with Crippen molar-refractivity contribution in [2.45, 2.75) is 16.4 Å². The van der Waals surface area contributed by atoms with Crippen molar-refractivity contribution < 1.29 is 40.6 Å². The van der Waals surface area contributed by atoms with Crippen LogP contribution in [0.2, 0.25) is 0 Å². The van der Waals surface area contributed by atoms with Crippen molar-refractivity contribution >= 4 is 31.6 Å². The molecule has 1 heterocycles. The Bertz CT molecular complexity index is 849. The van der Waals surface area contributed by atoms with Gasteiger partial charge in [-0.05, 0) is 17.7 Å². The molecule has 0 radical (unpaired) electrons. The second-order valence-corrected chi connectivity index (χ2v) is 10.2. The molecular weight excluding hydrogens is 388 g/mol. The Hall–Kier alpha value is -2.14. The summed E-state index contributed by atoms with van der Waals surface area (Å²) in [5, 5.41) is -5.05. The first kappa shape index (κ1) is 20.2. The number of carbonyl (C=O) groups is 2. The highest BCUT2D eigenvalue weighted by Gasteiger charge is 2.58. The van der Waals surface area contributed by atoms with Gasteiger partial charge in [-0.2, -0.15) is 0 Å². The average molecular weight is 406 g/mol. The summed E-state index contributed by atoms with van der Waals surface area (Å²) in [6.45, 7) is 0. The summed E-state index contributed by atoms with van der Waals surface area (Å²) < 4.78 is 64.2. The Morgan fingerprint density at radius 2 is 1.27 bits per heavy atom. The van der Waals surface area contributed by atoms with E-state index in [1.165, 1.54) is 31.4 Å². The summed E-state index contributed by atoms with van der Waals surface area (Å²) in [6, 6.07) is 5.72. The second kappa shape index (κ2) is 7.23. The van der Waals surface area contributed by atoms with E-state index in [4.69, 9.17) is 4.74 Å². The van der Waals surface area contributed by atoms with E-state index in [-0.39, 0.29) is 5.56 Å². The molecule has 1 aromatic carbocycles. The maximum Gasteiger partial charge on any atom is 0.324 e. The molecule has 9 nitrogen and oxygen atoms in total. The maximum absolute atomic E-state index is 12.5. The standard InChI is InChI=1S/C15H18O9S2/c1-22-10-6-4-9(5-7-10)11-12(14(16)23-2)25(18,19)8-26(20,21)13(11)15(17)24-3/h4-7,11-13H,8H2,1-3H3/t12-,13-/m1/s1. The molecule has 11 heteroatoms. The Labute approximate surface area is 151 Å². The number of hydrogen-bond acceptors (Lipinski definition) is 9. The highest BCUT2D eigenvalue weighted by Crippen LogP contribution is 2.39. The third-order valence-corrected chi connectivity index (χ3v) is 9.27. The zero-order chi connectivity index (χ0) is 19.7. The fraction of sp³-hybridized carbons (Fsp3) is 0.467. The number of rotatable bonds is 4. The molecule has 1 aliphatic rings. The lowest BCUT2D eigenvalue weighted by Gasteiger charge is -2.34. The molecule has 2 rings (SSSR count). The van der Waals surface area contributed by atoms with Crippen LogP contribution in [0.5, 0.6) is 5.75 Å². The highest BCUT2D eigenvalue weighted by atomic mass is 32.3. The minimum absolute atomic E-state index is 0.156. The fourth-order valence-electron chi connectivity index (χ4n) is 2.98. The fourth-order valence-corrected chi connectivity index (χ4v) is 8.38. The van der Waals surface area contributed by atoms with Crippen molar-refractivity contribution in [2.75, 3.05) is 26.4 Å². The predicted molar refractivity (Wildman–Crippen MR) is 90.0 cm³/mol. The van der Waals surface area contributed by atoms with E-state index < -0.39 is 53.1 Å². The van der Waals surface area contributed by atoms with Crippen LogP contribution >= 0.6 is 0 Å². The Balaban J connectivity index is 2.75. The second-order valence-electron chi connectivity index (χ2n) is 5.63. The van der Waals surface area contributed by atoms with Crippen LogP contribution < -0.4 is 4.74 Å². The topological polar surface area (TPSA) is 130 Å². The van der Waals surface area contributed by atoms with E-state index in [0.717, 1.165) is 14.2 Å². The molecule has 1 aromatic rings. The van der Waals surface area contributed by atoms with Gasteiger partial charge in [0.25, 0.3) is 0 Å². The molecule has 1 saturated heterocycles. The average Bonchev–Trinajstić information content (AvgIpc) is 2.58. The molecule has 2 atom stereocenters. The predicted octanol–water partition coefficient (Wildman–Crippen LogP) is -0.337. The molecule has 144 valence electrons. The van der Waals surface area contributed by atoms with E-state index in [1.54, 1.807) is 0 Å². The summed E-state index contributed by atoms with van der Waals surface area (Å²) in [5.41, 5.74) is 0.156. The van der Waals surface area contributed by atoms with Gasteiger partial charge in [-0.15, -0.1) is 0 Å². The van der Waals surface area contributed by atoms with E-state index in [9.17, 15) is 26.4 Å². The van der Waals surface area contributed by atoms with E-state index in [1.807, 2.05) is 0 Å². The van der Waals surface area contributed by atoms with Crippen LogP contribution in [0.15, 0.2) is 24.3 Å². The monoisotopic (exact) mass is 406 g/mol. The van der Waals surface area contributed by atoms with Gasteiger partial charge in [0, 0.05) is 5.92 Å². The number of hydrogen-bond donors (Lipinski definition) is 0. The molecule has 0 spiro atoms. The molecule has 0 amide bonds. The van der Waals surface area contributed by atoms with Gasteiger partial charge in [0.05, 0.1) is 21.3 Å². The van der Waals surface area contributed by atoms with Gasteiger partial charge >= 0.3 is 11.9 Å². The van der Waals surface area contributed by atoms with E-state index in [2.05, 4.69) is 9.47 Å². The van der Waals surface area contributed by atoms with Gasteiger partial charge in [-0.3, -0.25) is 9.59 Å². The normalized spacial score (nSPS) is 26.5. The quantitative estimate of drug-likeness (QED) is 0.616. The molecule has 0 N–H and O–H groups in total. The van der Waals surface area contributed by atoms with Crippen molar-refractivity contribution in [1.29, 1.82) is 0 Å². The zero-order valence-corrected chi connectivity index (χ0v) is 15.9. The third kappa shape index (κ3) is 3.54. The molecule has 26 heavy (non-hydrogen) atoms. The number of methoxy groups -OCH3 is 3. The lowest BCUT2D eigenvalue weighted by atomic mass is 9.91. The van der Waals surface area contributed by atoms with Crippen LogP contribution in [0.3, 0.4) is 0 Å². The smallest absolute Gasteiger partial charge is 0.324 e. The van der Waals surface area contributed by atoms with Crippen molar-refractivity contribution in [1.82, 2.24) is 0 Å². The van der Waals surface area contributed by atoms with Gasteiger partial charge in [-0.1, -0.05) is 12.1 Å². The van der Waals surface area contributed by atoms with Crippen molar-refractivity contribution in [3.8, 4) is 5.75 Å². The number of sulfone groups is 2. The largest absolute Gasteiger partial charge is 0.497 e. The van der Waals surface area contributed by atoms with Crippen LogP contribution in [-0.2, 0) is 38.7 Å². The van der Waals surface area contributed by atoms with Crippen LogP contribution in [0.1, 0.15) is 11.5 Å². The minimum Gasteiger partial charge on any atom is -0.497 e. The maximum atomic E-state index is 12.5. The third-order valence-electron chi connectivity index (χ3n) is 4.12. The number of benzene rings is 1. The molecule has 1 aliphatic heterocycles. The summed E-state index contributed by atoms with van der Waals surface area (Å²) in [5.74, 6) is -3.37. The Morgan fingerprint density at radius 3 is 1.62 bits per heavy atom. The zero-order valence-electron chi connectivity index (χ0n) is 14.2. The van der Waals surface area contributed by atoms with Gasteiger partial charge in [-0.25, -0.2) is 16.8 Å². The van der Waals surface area contributed by atoms with Crippen molar-refractivity contribution in [2.24, 2.45) is 0 Å². The molecule has 0 aliphatic carbocycles. The van der Waals surface area contributed by atoms with Gasteiger partial charge in [0.1, 0.15) is 5.75 Å². The number of esters is 2. The SMILES string of the molecule is COC(=O)[C@H]1C(c2ccc(OC)cc2)[C@H](C(=O)OC)S(=O)(=O)CS1(=O)=O. The molecule has 0 saturated carbocycles. The Kier molecular flexibility index (Phi) is 5.61.